The third-order valence-corrected chi connectivity index (χ3v) is 0.784. The molecule has 0 saturated carbocycles. The highest BCUT2D eigenvalue weighted by atomic mass is 16.1. The number of pyridine rings is 1. The number of rotatable bonds is 0. The molecule has 0 saturated heterocycles. The fraction of sp³-hybridized carbons (Fsp3) is 0.167. The molecule has 2 nitrogen and oxygen atoms in total. The molecule has 0 fully saturated rings. The summed E-state index contributed by atoms with van der Waals surface area (Å²) in [5.41, 5.74) is -0.143. The summed E-state index contributed by atoms with van der Waals surface area (Å²) in [6, 6.07) is 2.49. The topological polar surface area (TPSA) is 32.9 Å². The lowest BCUT2D eigenvalue weighted by Crippen LogP contribution is -2.00. The van der Waals surface area contributed by atoms with Crippen LogP contribution in [0, 0.1) is 6.85 Å². The van der Waals surface area contributed by atoms with Crippen molar-refractivity contribution >= 4 is 0 Å². The van der Waals surface area contributed by atoms with Crippen molar-refractivity contribution in [2.24, 2.45) is 0 Å². The predicted octanol–water partition coefficient (Wildman–Crippen LogP) is 0.683. The maximum absolute atomic E-state index is 10.5. The minimum atomic E-state index is -2.13. The van der Waals surface area contributed by atoms with Crippen molar-refractivity contribution in [3.63, 3.8) is 0 Å². The summed E-state index contributed by atoms with van der Waals surface area (Å²) in [7, 11) is 0. The molecule has 0 spiro atoms. The van der Waals surface area contributed by atoms with Crippen LogP contribution in [-0.4, -0.2) is 4.98 Å². The Kier molecular flexibility index (Phi) is 0.565. The van der Waals surface area contributed by atoms with E-state index in [0.29, 0.717) is 0 Å². The Morgan fingerprint density at radius 1 is 1.75 bits per heavy atom. The molecule has 0 radical (unpaired) electrons. The molecule has 0 amide bonds. The molecule has 0 unspecified atom stereocenters. The van der Waals surface area contributed by atoms with E-state index in [9.17, 15) is 4.79 Å². The summed E-state index contributed by atoms with van der Waals surface area (Å²) in [6.45, 7) is -2.13. The Balaban J connectivity index is 3.09. The standard InChI is InChI=1S/C6H7NO/c1-5-2-3-6(8)7-4-5/h2-4H,1H3,(H,7,8)/i1D3. The summed E-state index contributed by atoms with van der Waals surface area (Å²) in [5.74, 6) is 0. The van der Waals surface area contributed by atoms with Gasteiger partial charge in [-0.2, -0.15) is 0 Å². The Morgan fingerprint density at radius 3 is 3.12 bits per heavy atom. The fourth-order valence-corrected chi connectivity index (χ4v) is 0.411. The number of hydrogen-bond donors (Lipinski definition) is 1. The fourth-order valence-electron chi connectivity index (χ4n) is 0.411. The van der Waals surface area contributed by atoms with Gasteiger partial charge in [-0.3, -0.25) is 4.79 Å². The third kappa shape index (κ3) is 0.964. The van der Waals surface area contributed by atoms with Crippen LogP contribution < -0.4 is 5.56 Å². The zero-order chi connectivity index (χ0) is 8.48. The SMILES string of the molecule is [2H]C([2H])([2H])c1ccc(=O)[nH]c1. The number of aromatic nitrogens is 1. The normalized spacial score (nSPS) is 16.2. The van der Waals surface area contributed by atoms with Gasteiger partial charge in [-0.15, -0.1) is 0 Å². The van der Waals surface area contributed by atoms with Gasteiger partial charge in [-0.1, -0.05) is 6.07 Å². The van der Waals surface area contributed by atoms with Gasteiger partial charge < -0.3 is 4.98 Å². The van der Waals surface area contributed by atoms with E-state index < -0.39 is 6.85 Å². The van der Waals surface area contributed by atoms with Crippen molar-refractivity contribution < 1.29 is 4.11 Å². The summed E-state index contributed by atoms with van der Waals surface area (Å²) < 4.78 is 20.9. The molecule has 0 aliphatic rings. The number of nitrogens with one attached hydrogen (secondary N) is 1. The second kappa shape index (κ2) is 1.82. The first-order valence-corrected chi connectivity index (χ1v) is 2.19. The second-order valence-electron chi connectivity index (χ2n) is 1.44. The van der Waals surface area contributed by atoms with E-state index >= 15 is 0 Å². The molecule has 0 atom stereocenters. The summed E-state index contributed by atoms with van der Waals surface area (Å²) in [5, 5.41) is 0. The van der Waals surface area contributed by atoms with Crippen molar-refractivity contribution in [2.45, 2.75) is 6.85 Å². The monoisotopic (exact) mass is 112 g/mol. The first-order chi connectivity index (χ1) is 5.00. The lowest BCUT2D eigenvalue weighted by molar-refractivity contribution is 1.20. The molecule has 42 valence electrons. The van der Waals surface area contributed by atoms with Crippen LogP contribution in [0.1, 0.15) is 9.68 Å². The zero-order valence-corrected chi connectivity index (χ0v) is 4.14. The first kappa shape index (κ1) is 2.49. The van der Waals surface area contributed by atoms with Crippen LogP contribution in [0.5, 0.6) is 0 Å². The van der Waals surface area contributed by atoms with E-state index in [1.807, 2.05) is 0 Å². The van der Waals surface area contributed by atoms with Crippen LogP contribution in [0.15, 0.2) is 23.1 Å². The van der Waals surface area contributed by atoms with Gasteiger partial charge >= 0.3 is 0 Å². The summed E-state index contributed by atoms with van der Waals surface area (Å²) >= 11 is 0. The van der Waals surface area contributed by atoms with Gasteiger partial charge in [0.15, 0.2) is 0 Å². The Bertz CT molecular complexity index is 281. The van der Waals surface area contributed by atoms with Crippen molar-refractivity contribution in [3.8, 4) is 0 Å². The zero-order valence-electron chi connectivity index (χ0n) is 7.14. The quantitative estimate of drug-likeness (QED) is 0.526. The molecule has 1 aromatic rings. The Hall–Kier alpha value is -1.05. The average molecular weight is 112 g/mol. The van der Waals surface area contributed by atoms with Crippen LogP contribution in [0.25, 0.3) is 0 Å². The molecule has 8 heavy (non-hydrogen) atoms. The van der Waals surface area contributed by atoms with Crippen LogP contribution in [0.3, 0.4) is 0 Å². The lowest BCUT2D eigenvalue weighted by Gasteiger charge is -1.83. The van der Waals surface area contributed by atoms with E-state index in [4.69, 9.17) is 4.11 Å². The van der Waals surface area contributed by atoms with E-state index in [1.165, 1.54) is 18.3 Å². The van der Waals surface area contributed by atoms with Gasteiger partial charge in [-0.25, -0.2) is 0 Å². The number of aryl methyl sites for hydroxylation is 1. The number of aromatic amines is 1. The van der Waals surface area contributed by atoms with Crippen molar-refractivity contribution in [1.29, 1.82) is 0 Å². The molecule has 1 rings (SSSR count). The molecular formula is C6H7NO. The Labute approximate surface area is 51.4 Å². The number of hydrogen-bond acceptors (Lipinski definition) is 1. The molecule has 0 bridgehead atoms. The van der Waals surface area contributed by atoms with Crippen LogP contribution in [-0.2, 0) is 0 Å². The Morgan fingerprint density at radius 2 is 2.62 bits per heavy atom. The van der Waals surface area contributed by atoms with Crippen LogP contribution >= 0.6 is 0 Å². The summed E-state index contributed by atoms with van der Waals surface area (Å²) in [6.07, 6.45) is 1.20. The van der Waals surface area contributed by atoms with Gasteiger partial charge in [0, 0.05) is 16.4 Å². The highest BCUT2D eigenvalue weighted by Gasteiger charge is 1.78. The second-order valence-corrected chi connectivity index (χ2v) is 1.44. The molecule has 2 heteroatoms. The van der Waals surface area contributed by atoms with E-state index in [2.05, 4.69) is 4.98 Å². The molecule has 0 aliphatic heterocycles. The average Bonchev–Trinajstić information content (AvgIpc) is 1.86. The van der Waals surface area contributed by atoms with E-state index in [-0.39, 0.29) is 11.1 Å². The minimum Gasteiger partial charge on any atom is -0.329 e. The van der Waals surface area contributed by atoms with Crippen LogP contribution in [0.4, 0.5) is 0 Å². The van der Waals surface area contributed by atoms with Crippen molar-refractivity contribution in [1.82, 2.24) is 4.98 Å². The van der Waals surface area contributed by atoms with Gasteiger partial charge in [0.1, 0.15) is 0 Å². The minimum absolute atomic E-state index is 0.150. The molecular weight excluding hydrogens is 102 g/mol. The predicted molar refractivity (Wildman–Crippen MR) is 31.8 cm³/mol. The van der Waals surface area contributed by atoms with Gasteiger partial charge in [0.2, 0.25) is 5.56 Å². The van der Waals surface area contributed by atoms with Crippen molar-refractivity contribution in [2.75, 3.05) is 0 Å². The first-order valence-electron chi connectivity index (χ1n) is 3.69. The highest BCUT2D eigenvalue weighted by Crippen LogP contribution is 1.84. The lowest BCUT2D eigenvalue weighted by atomic mass is 10.3. The van der Waals surface area contributed by atoms with Gasteiger partial charge in [0.25, 0.3) is 0 Å². The van der Waals surface area contributed by atoms with Gasteiger partial charge in [-0.05, 0) is 12.4 Å². The third-order valence-electron chi connectivity index (χ3n) is 0.784. The molecule has 1 heterocycles. The van der Waals surface area contributed by atoms with Crippen molar-refractivity contribution in [3.05, 3.63) is 34.2 Å². The molecule has 0 aromatic carbocycles. The molecule has 1 N–H and O–H groups in total. The summed E-state index contributed by atoms with van der Waals surface area (Å²) in [4.78, 5) is 12.8. The number of H-pyrrole nitrogens is 1. The van der Waals surface area contributed by atoms with Crippen LogP contribution in [0.2, 0.25) is 0 Å². The maximum atomic E-state index is 10.5. The van der Waals surface area contributed by atoms with E-state index in [0.717, 1.165) is 0 Å². The molecule has 0 aliphatic carbocycles. The highest BCUT2D eigenvalue weighted by molar-refractivity contribution is 5.04. The maximum Gasteiger partial charge on any atom is 0.247 e. The van der Waals surface area contributed by atoms with Gasteiger partial charge in [0.05, 0.1) is 0 Å². The molecule has 1 aromatic heterocycles. The largest absolute Gasteiger partial charge is 0.329 e. The smallest absolute Gasteiger partial charge is 0.247 e. The van der Waals surface area contributed by atoms with E-state index in [1.54, 1.807) is 0 Å².